The van der Waals surface area contributed by atoms with Crippen molar-refractivity contribution in [2.45, 2.75) is 33.1 Å². The molecule has 0 aromatic heterocycles. The molecule has 4 heteroatoms. The molecule has 2 rings (SSSR count). The monoisotopic (exact) mass is 261 g/mol. The van der Waals surface area contributed by atoms with Crippen LogP contribution in [-0.2, 0) is 0 Å². The van der Waals surface area contributed by atoms with Crippen molar-refractivity contribution < 1.29 is 4.79 Å². The van der Waals surface area contributed by atoms with E-state index in [0.29, 0.717) is 22.4 Å². The van der Waals surface area contributed by atoms with Crippen molar-refractivity contribution in [3.05, 3.63) is 23.8 Å². The summed E-state index contributed by atoms with van der Waals surface area (Å²) < 4.78 is 0. The SMILES string of the molecule is CCC1(C)CCN(C(=O)c2cc(N)cc(N)c2)CC1. The van der Waals surface area contributed by atoms with Gasteiger partial charge in [-0.25, -0.2) is 0 Å². The number of carbonyl (C=O) groups is 1. The van der Waals surface area contributed by atoms with Crippen molar-refractivity contribution in [1.29, 1.82) is 0 Å². The summed E-state index contributed by atoms with van der Waals surface area (Å²) in [7, 11) is 0. The fraction of sp³-hybridized carbons (Fsp3) is 0.533. The molecule has 4 N–H and O–H groups in total. The number of carbonyl (C=O) groups excluding carboxylic acids is 1. The van der Waals surface area contributed by atoms with Crippen LogP contribution in [0.3, 0.4) is 0 Å². The molecule has 0 unspecified atom stereocenters. The number of hydrogen-bond acceptors (Lipinski definition) is 3. The maximum atomic E-state index is 12.4. The van der Waals surface area contributed by atoms with Crippen molar-refractivity contribution in [3.8, 4) is 0 Å². The topological polar surface area (TPSA) is 72.3 Å². The third-order valence-electron chi connectivity index (χ3n) is 4.34. The number of amides is 1. The fourth-order valence-electron chi connectivity index (χ4n) is 2.59. The standard InChI is InChI=1S/C15H23N3O/c1-3-15(2)4-6-18(7-5-15)14(19)11-8-12(16)10-13(17)9-11/h8-10H,3-7,16-17H2,1-2H3. The van der Waals surface area contributed by atoms with E-state index in [2.05, 4.69) is 13.8 Å². The van der Waals surface area contributed by atoms with Gasteiger partial charge >= 0.3 is 0 Å². The van der Waals surface area contributed by atoms with Crippen molar-refractivity contribution in [3.63, 3.8) is 0 Å². The van der Waals surface area contributed by atoms with Crippen LogP contribution in [0.25, 0.3) is 0 Å². The number of nitrogens with zero attached hydrogens (tertiary/aromatic N) is 1. The molecule has 1 aliphatic rings. The van der Waals surface area contributed by atoms with Crippen LogP contribution in [0.5, 0.6) is 0 Å². The minimum absolute atomic E-state index is 0.0390. The maximum Gasteiger partial charge on any atom is 0.254 e. The summed E-state index contributed by atoms with van der Waals surface area (Å²) in [5.74, 6) is 0.0390. The van der Waals surface area contributed by atoms with E-state index in [1.807, 2.05) is 4.90 Å². The molecular weight excluding hydrogens is 238 g/mol. The van der Waals surface area contributed by atoms with Gasteiger partial charge in [0.15, 0.2) is 0 Å². The highest BCUT2D eigenvalue weighted by Crippen LogP contribution is 2.34. The number of nitrogens with two attached hydrogens (primary N) is 2. The Morgan fingerprint density at radius 3 is 2.21 bits per heavy atom. The number of hydrogen-bond donors (Lipinski definition) is 2. The van der Waals surface area contributed by atoms with Crippen LogP contribution >= 0.6 is 0 Å². The average molecular weight is 261 g/mol. The van der Waals surface area contributed by atoms with Gasteiger partial charge in [-0.2, -0.15) is 0 Å². The van der Waals surface area contributed by atoms with Gasteiger partial charge in [-0.3, -0.25) is 4.79 Å². The molecule has 0 radical (unpaired) electrons. The Morgan fingerprint density at radius 2 is 1.74 bits per heavy atom. The van der Waals surface area contributed by atoms with Crippen molar-refractivity contribution >= 4 is 17.3 Å². The lowest BCUT2D eigenvalue weighted by atomic mass is 9.78. The van der Waals surface area contributed by atoms with Crippen LogP contribution < -0.4 is 11.5 Å². The van der Waals surface area contributed by atoms with Crippen molar-refractivity contribution in [2.24, 2.45) is 5.41 Å². The maximum absolute atomic E-state index is 12.4. The molecule has 19 heavy (non-hydrogen) atoms. The molecule has 1 heterocycles. The van der Waals surface area contributed by atoms with Gasteiger partial charge in [0.25, 0.3) is 5.91 Å². The molecule has 1 amide bonds. The smallest absolute Gasteiger partial charge is 0.254 e. The third kappa shape index (κ3) is 3.00. The quantitative estimate of drug-likeness (QED) is 0.803. The van der Waals surface area contributed by atoms with Gasteiger partial charge in [0.1, 0.15) is 0 Å². The van der Waals surface area contributed by atoms with Crippen LogP contribution in [0.1, 0.15) is 43.5 Å². The van der Waals surface area contributed by atoms with Gasteiger partial charge < -0.3 is 16.4 Å². The molecule has 104 valence electrons. The number of benzene rings is 1. The van der Waals surface area contributed by atoms with Gasteiger partial charge in [0.2, 0.25) is 0 Å². The summed E-state index contributed by atoms with van der Waals surface area (Å²) in [6.07, 6.45) is 3.29. The van der Waals surface area contributed by atoms with Gasteiger partial charge in [0.05, 0.1) is 0 Å². The highest BCUT2D eigenvalue weighted by molar-refractivity contribution is 5.96. The van der Waals surface area contributed by atoms with E-state index in [-0.39, 0.29) is 5.91 Å². The summed E-state index contributed by atoms with van der Waals surface area (Å²) in [6, 6.07) is 5.07. The van der Waals surface area contributed by atoms with Gasteiger partial charge in [-0.15, -0.1) is 0 Å². The molecule has 1 aromatic carbocycles. The predicted molar refractivity (Wildman–Crippen MR) is 78.8 cm³/mol. The largest absolute Gasteiger partial charge is 0.399 e. The summed E-state index contributed by atoms with van der Waals surface area (Å²) in [4.78, 5) is 14.3. The van der Waals surface area contributed by atoms with Gasteiger partial charge in [0, 0.05) is 30.0 Å². The first kappa shape index (κ1) is 13.7. The zero-order valence-electron chi connectivity index (χ0n) is 11.8. The van der Waals surface area contributed by atoms with Crippen molar-refractivity contribution in [1.82, 2.24) is 4.90 Å². The summed E-state index contributed by atoms with van der Waals surface area (Å²) in [5, 5.41) is 0. The molecule has 0 atom stereocenters. The minimum atomic E-state index is 0.0390. The molecule has 1 fully saturated rings. The van der Waals surface area contributed by atoms with Crippen LogP contribution in [0.15, 0.2) is 18.2 Å². The van der Waals surface area contributed by atoms with E-state index in [0.717, 1.165) is 25.9 Å². The molecule has 4 nitrogen and oxygen atoms in total. The highest BCUT2D eigenvalue weighted by Gasteiger charge is 2.30. The zero-order chi connectivity index (χ0) is 14.0. The number of rotatable bonds is 2. The first-order chi connectivity index (χ1) is 8.93. The Bertz CT molecular complexity index is 456. The zero-order valence-corrected chi connectivity index (χ0v) is 11.8. The Kier molecular flexibility index (Phi) is 3.69. The van der Waals surface area contributed by atoms with E-state index in [1.54, 1.807) is 18.2 Å². The van der Waals surface area contributed by atoms with Crippen LogP contribution in [-0.4, -0.2) is 23.9 Å². The van der Waals surface area contributed by atoms with Gasteiger partial charge in [-0.1, -0.05) is 20.3 Å². The van der Waals surface area contributed by atoms with E-state index < -0.39 is 0 Å². The highest BCUT2D eigenvalue weighted by atomic mass is 16.2. The Hall–Kier alpha value is -1.71. The molecule has 1 saturated heterocycles. The van der Waals surface area contributed by atoms with Crippen LogP contribution in [0.2, 0.25) is 0 Å². The molecule has 0 bridgehead atoms. The summed E-state index contributed by atoms with van der Waals surface area (Å²) >= 11 is 0. The summed E-state index contributed by atoms with van der Waals surface area (Å²) in [6.45, 7) is 6.15. The predicted octanol–water partition coefficient (Wildman–Crippen LogP) is 2.50. The van der Waals surface area contributed by atoms with Crippen molar-refractivity contribution in [2.75, 3.05) is 24.6 Å². The third-order valence-corrected chi connectivity index (χ3v) is 4.34. The first-order valence-corrected chi connectivity index (χ1v) is 6.89. The lowest BCUT2D eigenvalue weighted by molar-refractivity contribution is 0.0600. The number of likely N-dealkylation sites (tertiary alicyclic amines) is 1. The molecular formula is C15H23N3O. The second-order valence-electron chi connectivity index (χ2n) is 5.84. The lowest BCUT2D eigenvalue weighted by Crippen LogP contribution is -2.42. The van der Waals surface area contributed by atoms with Gasteiger partial charge in [-0.05, 0) is 36.5 Å². The number of piperidine rings is 1. The van der Waals surface area contributed by atoms with E-state index >= 15 is 0 Å². The molecule has 1 aliphatic heterocycles. The Labute approximate surface area is 114 Å². The first-order valence-electron chi connectivity index (χ1n) is 6.89. The molecule has 1 aromatic rings. The summed E-state index contributed by atoms with van der Waals surface area (Å²) in [5.41, 5.74) is 13.5. The molecule has 0 saturated carbocycles. The number of anilines is 2. The van der Waals surface area contributed by atoms with Crippen LogP contribution in [0.4, 0.5) is 11.4 Å². The normalized spacial score (nSPS) is 18.3. The average Bonchev–Trinajstić information content (AvgIpc) is 2.38. The fourth-order valence-corrected chi connectivity index (χ4v) is 2.59. The molecule has 0 spiro atoms. The minimum Gasteiger partial charge on any atom is -0.399 e. The van der Waals surface area contributed by atoms with Crippen LogP contribution in [0, 0.1) is 5.41 Å². The molecule has 0 aliphatic carbocycles. The second-order valence-corrected chi connectivity index (χ2v) is 5.84. The van der Waals surface area contributed by atoms with E-state index in [1.165, 1.54) is 6.42 Å². The Balaban J connectivity index is 2.09. The van der Waals surface area contributed by atoms with E-state index in [9.17, 15) is 4.79 Å². The second kappa shape index (κ2) is 5.11. The Morgan fingerprint density at radius 1 is 1.21 bits per heavy atom. The lowest BCUT2D eigenvalue weighted by Gasteiger charge is -2.39. The number of nitrogen functional groups attached to an aromatic ring is 2. The van der Waals surface area contributed by atoms with E-state index in [4.69, 9.17) is 11.5 Å².